The molecule has 0 fully saturated rings. The maximum atomic E-state index is 12.1. The molecule has 1 aromatic carbocycles. The van der Waals surface area contributed by atoms with Crippen molar-refractivity contribution in [1.29, 1.82) is 0 Å². The number of ether oxygens (including phenoxy) is 1. The highest BCUT2D eigenvalue weighted by Crippen LogP contribution is 2.23. The molecule has 0 bridgehead atoms. The number of aryl methyl sites for hydroxylation is 1. The fraction of sp³-hybridized carbons (Fsp3) is 0.231. The summed E-state index contributed by atoms with van der Waals surface area (Å²) in [5.74, 6) is 0.925. The first-order valence-electron chi connectivity index (χ1n) is 5.96. The molecule has 2 aromatic rings. The van der Waals surface area contributed by atoms with Crippen LogP contribution in [0.25, 0.3) is 0 Å². The zero-order valence-electron chi connectivity index (χ0n) is 11.4. The van der Waals surface area contributed by atoms with Crippen LogP contribution in [-0.4, -0.2) is 21.6 Å². The third-order valence-corrected chi connectivity index (χ3v) is 3.68. The van der Waals surface area contributed by atoms with Gasteiger partial charge in [-0.1, -0.05) is 0 Å². The molecule has 1 aromatic heterocycles. The summed E-state index contributed by atoms with van der Waals surface area (Å²) < 4.78 is 7.03. The second-order valence-corrected chi connectivity index (χ2v) is 5.50. The number of nitro groups is 1. The van der Waals surface area contributed by atoms with Gasteiger partial charge in [-0.2, -0.15) is 0 Å². The van der Waals surface area contributed by atoms with Crippen LogP contribution >= 0.6 is 22.6 Å². The number of hydrogen-bond donors (Lipinski definition) is 0. The molecule has 0 radical (unpaired) electrons. The minimum atomic E-state index is -0.491. The number of aromatic nitrogens is 2. The van der Waals surface area contributed by atoms with E-state index in [-0.39, 0.29) is 17.8 Å². The van der Waals surface area contributed by atoms with Crippen molar-refractivity contribution in [3.8, 4) is 5.75 Å². The average Bonchev–Trinajstić information content (AvgIpc) is 2.47. The lowest BCUT2D eigenvalue weighted by atomic mass is 10.2. The number of hydrogen-bond acceptors (Lipinski definition) is 5. The molecule has 1 heterocycles. The van der Waals surface area contributed by atoms with Gasteiger partial charge in [0.25, 0.3) is 11.2 Å². The minimum absolute atomic E-state index is 0.0753. The first kappa shape index (κ1) is 15.4. The summed E-state index contributed by atoms with van der Waals surface area (Å²) in [6, 6.07) is 4.43. The summed E-state index contributed by atoms with van der Waals surface area (Å²) in [4.78, 5) is 26.7. The highest BCUT2D eigenvalue weighted by atomic mass is 127. The van der Waals surface area contributed by atoms with Crippen molar-refractivity contribution in [2.75, 3.05) is 7.11 Å². The monoisotopic (exact) mass is 401 g/mol. The Kier molecular flexibility index (Phi) is 4.56. The van der Waals surface area contributed by atoms with Crippen molar-refractivity contribution in [3.63, 3.8) is 0 Å². The predicted octanol–water partition coefficient (Wildman–Crippen LogP) is 2.12. The molecule has 0 unspecified atom stereocenters. The molecule has 0 atom stereocenters. The highest BCUT2D eigenvalue weighted by Gasteiger charge is 2.12. The summed E-state index contributed by atoms with van der Waals surface area (Å²) in [6.07, 6.45) is 1.50. The highest BCUT2D eigenvalue weighted by molar-refractivity contribution is 14.1. The summed E-state index contributed by atoms with van der Waals surface area (Å²) in [5, 5.41) is 10.9. The van der Waals surface area contributed by atoms with Crippen LogP contribution in [0.2, 0.25) is 0 Å². The second-order valence-electron chi connectivity index (χ2n) is 4.34. The third kappa shape index (κ3) is 3.38. The molecule has 2 rings (SSSR count). The molecule has 0 saturated heterocycles. The van der Waals surface area contributed by atoms with E-state index in [9.17, 15) is 14.9 Å². The Labute approximate surface area is 133 Å². The number of nitro benzene ring substituents is 1. The van der Waals surface area contributed by atoms with Crippen LogP contribution < -0.4 is 10.3 Å². The van der Waals surface area contributed by atoms with Crippen LogP contribution in [0.4, 0.5) is 5.69 Å². The van der Waals surface area contributed by atoms with Gasteiger partial charge < -0.3 is 4.74 Å². The maximum absolute atomic E-state index is 12.1. The van der Waals surface area contributed by atoms with Gasteiger partial charge in [0, 0.05) is 12.3 Å². The molecule has 7 nitrogen and oxygen atoms in total. The first-order valence-corrected chi connectivity index (χ1v) is 7.04. The first-order chi connectivity index (χ1) is 9.92. The maximum Gasteiger partial charge on any atom is 0.273 e. The smallest absolute Gasteiger partial charge is 0.273 e. The van der Waals surface area contributed by atoms with Gasteiger partial charge in [0.2, 0.25) is 0 Å². The quantitative estimate of drug-likeness (QED) is 0.445. The van der Waals surface area contributed by atoms with Gasteiger partial charge in [-0.25, -0.2) is 4.98 Å². The van der Waals surface area contributed by atoms with Crippen molar-refractivity contribution in [1.82, 2.24) is 9.55 Å². The number of non-ortho nitro benzene ring substituents is 1. The standard InChI is InChI=1S/C13H12IN3O4/c1-8-15-6-12(14)13(18)16(8)7-9-3-10(17(19)20)5-11(4-9)21-2/h3-6H,7H2,1-2H3. The molecular weight excluding hydrogens is 389 g/mol. The normalized spacial score (nSPS) is 10.4. The molecule has 0 spiro atoms. The Morgan fingerprint density at radius 1 is 1.43 bits per heavy atom. The lowest BCUT2D eigenvalue weighted by Crippen LogP contribution is -2.26. The third-order valence-electron chi connectivity index (χ3n) is 2.94. The van der Waals surface area contributed by atoms with Gasteiger partial charge in [-0.15, -0.1) is 0 Å². The van der Waals surface area contributed by atoms with E-state index in [1.807, 2.05) is 22.6 Å². The zero-order chi connectivity index (χ0) is 15.6. The minimum Gasteiger partial charge on any atom is -0.496 e. The van der Waals surface area contributed by atoms with Crippen molar-refractivity contribution >= 4 is 28.3 Å². The Morgan fingerprint density at radius 2 is 2.14 bits per heavy atom. The number of halogens is 1. The van der Waals surface area contributed by atoms with Crippen LogP contribution in [-0.2, 0) is 6.54 Å². The van der Waals surface area contributed by atoms with E-state index >= 15 is 0 Å². The number of benzene rings is 1. The van der Waals surface area contributed by atoms with Gasteiger partial charge in [-0.05, 0) is 41.1 Å². The van der Waals surface area contributed by atoms with Crippen LogP contribution in [0.15, 0.2) is 29.2 Å². The lowest BCUT2D eigenvalue weighted by Gasteiger charge is -2.10. The van der Waals surface area contributed by atoms with Crippen molar-refractivity contribution in [2.45, 2.75) is 13.5 Å². The van der Waals surface area contributed by atoms with E-state index in [0.29, 0.717) is 20.7 Å². The summed E-state index contributed by atoms with van der Waals surface area (Å²) in [5.41, 5.74) is 0.359. The zero-order valence-corrected chi connectivity index (χ0v) is 13.5. The largest absolute Gasteiger partial charge is 0.496 e. The van der Waals surface area contributed by atoms with Crippen LogP contribution in [0, 0.1) is 20.6 Å². The lowest BCUT2D eigenvalue weighted by molar-refractivity contribution is -0.385. The Morgan fingerprint density at radius 3 is 2.76 bits per heavy atom. The van der Waals surface area contributed by atoms with Gasteiger partial charge >= 0.3 is 0 Å². The second kappa shape index (κ2) is 6.20. The molecular formula is C13H12IN3O4. The van der Waals surface area contributed by atoms with E-state index < -0.39 is 4.92 Å². The van der Waals surface area contributed by atoms with E-state index in [4.69, 9.17) is 4.74 Å². The SMILES string of the molecule is COc1cc(Cn2c(C)ncc(I)c2=O)cc([N+](=O)[O-])c1. The molecule has 0 saturated carbocycles. The van der Waals surface area contributed by atoms with E-state index in [1.165, 1.54) is 30.0 Å². The Balaban J connectivity index is 2.49. The molecule has 0 aliphatic rings. The molecule has 0 aliphatic carbocycles. The summed E-state index contributed by atoms with van der Waals surface area (Å²) >= 11 is 1.91. The van der Waals surface area contributed by atoms with Crippen LogP contribution in [0.5, 0.6) is 5.75 Å². The number of rotatable bonds is 4. The molecule has 8 heteroatoms. The fourth-order valence-electron chi connectivity index (χ4n) is 1.88. The molecule has 110 valence electrons. The van der Waals surface area contributed by atoms with Gasteiger partial charge in [-0.3, -0.25) is 19.5 Å². The van der Waals surface area contributed by atoms with Gasteiger partial charge in [0.15, 0.2) is 0 Å². The van der Waals surface area contributed by atoms with E-state index in [1.54, 1.807) is 13.0 Å². The predicted molar refractivity (Wildman–Crippen MR) is 84.7 cm³/mol. The van der Waals surface area contributed by atoms with Crippen molar-refractivity contribution in [2.24, 2.45) is 0 Å². The van der Waals surface area contributed by atoms with Crippen molar-refractivity contribution < 1.29 is 9.66 Å². The molecule has 0 aliphatic heterocycles. The van der Waals surface area contributed by atoms with Crippen LogP contribution in [0.1, 0.15) is 11.4 Å². The number of nitrogens with zero attached hydrogens (tertiary/aromatic N) is 3. The van der Waals surface area contributed by atoms with E-state index in [2.05, 4.69) is 4.98 Å². The van der Waals surface area contributed by atoms with E-state index in [0.717, 1.165) is 0 Å². The molecule has 21 heavy (non-hydrogen) atoms. The molecule has 0 N–H and O–H groups in total. The van der Waals surface area contributed by atoms with Gasteiger partial charge in [0.1, 0.15) is 11.6 Å². The van der Waals surface area contributed by atoms with Gasteiger partial charge in [0.05, 0.1) is 28.2 Å². The summed E-state index contributed by atoms with van der Waals surface area (Å²) in [7, 11) is 1.44. The Bertz CT molecular complexity index is 758. The Hall–Kier alpha value is -1.97. The average molecular weight is 401 g/mol. The molecule has 0 amide bonds. The number of methoxy groups -OCH3 is 1. The van der Waals surface area contributed by atoms with Crippen LogP contribution in [0.3, 0.4) is 0 Å². The fourth-order valence-corrected chi connectivity index (χ4v) is 2.31. The summed E-state index contributed by atoms with van der Waals surface area (Å²) in [6.45, 7) is 1.92. The topological polar surface area (TPSA) is 87.3 Å². The van der Waals surface area contributed by atoms with Crippen molar-refractivity contribution in [3.05, 3.63) is 59.8 Å².